The normalized spacial score (nSPS) is 10.9. The highest BCUT2D eigenvalue weighted by molar-refractivity contribution is 7.15. The van der Waals surface area contributed by atoms with E-state index in [0.717, 1.165) is 27.3 Å². The Labute approximate surface area is 190 Å². The van der Waals surface area contributed by atoms with Crippen molar-refractivity contribution in [1.29, 1.82) is 0 Å². The molecule has 0 saturated heterocycles. The van der Waals surface area contributed by atoms with Gasteiger partial charge in [0, 0.05) is 27.2 Å². The second kappa shape index (κ2) is 10.2. The maximum Gasteiger partial charge on any atom is 0.405 e. The zero-order valence-electron chi connectivity index (χ0n) is 17.3. The van der Waals surface area contributed by atoms with Crippen molar-refractivity contribution in [2.75, 3.05) is 11.9 Å². The van der Waals surface area contributed by atoms with Crippen molar-refractivity contribution < 1.29 is 27.9 Å². The average molecular weight is 476 g/mol. The second-order valence-corrected chi connectivity index (χ2v) is 8.09. The molecule has 3 N–H and O–H groups in total. The number of hydrogen-bond acceptors (Lipinski definition) is 4. The van der Waals surface area contributed by atoms with Gasteiger partial charge in [0.15, 0.2) is 0 Å². The molecular formula is C22H19F3N4O3S. The molecule has 3 heterocycles. The van der Waals surface area contributed by atoms with Crippen molar-refractivity contribution in [3.63, 3.8) is 0 Å². The molecule has 0 saturated carbocycles. The van der Waals surface area contributed by atoms with Gasteiger partial charge in [0.05, 0.1) is 11.9 Å². The predicted molar refractivity (Wildman–Crippen MR) is 120 cm³/mol. The Balaban J connectivity index is 0.000000968. The number of hydrogen-bond donors (Lipinski definition) is 3. The summed E-state index contributed by atoms with van der Waals surface area (Å²) in [6.07, 6.45) is -0.809. The summed E-state index contributed by atoms with van der Waals surface area (Å²) in [6, 6.07) is 14.1. The molecule has 172 valence electrons. The Morgan fingerprint density at radius 1 is 1.18 bits per heavy atom. The summed E-state index contributed by atoms with van der Waals surface area (Å²) < 4.78 is 38.6. The number of rotatable bonds is 4. The molecular weight excluding hydrogens is 457 g/mol. The number of thiophene rings is 1. The lowest BCUT2D eigenvalue weighted by Crippen LogP contribution is -2.36. The van der Waals surface area contributed by atoms with Gasteiger partial charge in [0.2, 0.25) is 0 Å². The third-order valence-corrected chi connectivity index (χ3v) is 5.45. The molecule has 33 heavy (non-hydrogen) atoms. The first kappa shape index (κ1) is 23.8. The third-order valence-electron chi connectivity index (χ3n) is 4.40. The molecule has 0 radical (unpaired) electrons. The lowest BCUT2D eigenvalue weighted by Gasteiger charge is -2.11. The molecule has 0 aliphatic heterocycles. The van der Waals surface area contributed by atoms with Gasteiger partial charge in [-0.25, -0.2) is 9.78 Å². The number of carbonyl (C=O) groups is 2. The van der Waals surface area contributed by atoms with Gasteiger partial charge in [-0.2, -0.15) is 13.2 Å². The van der Waals surface area contributed by atoms with E-state index in [1.807, 2.05) is 28.8 Å². The molecule has 0 fully saturated rings. The average Bonchev–Trinajstić information content (AvgIpc) is 3.38. The first-order chi connectivity index (χ1) is 15.7. The van der Waals surface area contributed by atoms with E-state index < -0.39 is 18.8 Å². The van der Waals surface area contributed by atoms with E-state index in [1.165, 1.54) is 4.88 Å². The van der Waals surface area contributed by atoms with Gasteiger partial charge in [-0.05, 0) is 48.9 Å². The number of urea groups is 1. The fourth-order valence-corrected chi connectivity index (χ4v) is 3.91. The summed E-state index contributed by atoms with van der Waals surface area (Å²) in [6.45, 7) is 0.419. The number of aryl methyl sites for hydroxylation is 1. The molecule has 2 amide bonds. The summed E-state index contributed by atoms with van der Waals surface area (Å²) in [7, 11) is 0. The second-order valence-electron chi connectivity index (χ2n) is 6.81. The van der Waals surface area contributed by atoms with Gasteiger partial charge < -0.3 is 15.7 Å². The minimum atomic E-state index is -4.46. The van der Waals surface area contributed by atoms with Crippen molar-refractivity contribution >= 4 is 35.2 Å². The summed E-state index contributed by atoms with van der Waals surface area (Å²) >= 11 is 1.71. The van der Waals surface area contributed by atoms with Crippen LogP contribution in [-0.4, -0.2) is 39.7 Å². The molecule has 0 unspecified atom stereocenters. The van der Waals surface area contributed by atoms with Gasteiger partial charge in [-0.15, -0.1) is 11.3 Å². The molecule has 7 nitrogen and oxygen atoms in total. The van der Waals surface area contributed by atoms with Gasteiger partial charge >= 0.3 is 12.2 Å². The Kier molecular flexibility index (Phi) is 7.34. The van der Waals surface area contributed by atoms with Crippen LogP contribution in [0, 0.1) is 6.92 Å². The predicted octanol–water partition coefficient (Wildman–Crippen LogP) is 5.42. The van der Waals surface area contributed by atoms with Gasteiger partial charge in [0.25, 0.3) is 6.47 Å². The Morgan fingerprint density at radius 2 is 1.94 bits per heavy atom. The van der Waals surface area contributed by atoms with Crippen LogP contribution in [0.5, 0.6) is 0 Å². The first-order valence-corrected chi connectivity index (χ1v) is 10.4. The number of carboxylic acid groups (broad SMARTS) is 1. The number of halogens is 3. The largest absolute Gasteiger partial charge is 0.483 e. The fraction of sp³-hybridized carbons (Fsp3) is 0.136. The number of benzene rings is 1. The molecule has 3 aromatic heterocycles. The Bertz CT molecular complexity index is 1270. The monoisotopic (exact) mass is 476 g/mol. The minimum Gasteiger partial charge on any atom is -0.483 e. The van der Waals surface area contributed by atoms with Gasteiger partial charge in [-0.1, -0.05) is 12.1 Å². The van der Waals surface area contributed by atoms with Crippen LogP contribution in [0.2, 0.25) is 0 Å². The van der Waals surface area contributed by atoms with E-state index >= 15 is 0 Å². The molecule has 0 spiro atoms. The molecule has 0 aliphatic rings. The van der Waals surface area contributed by atoms with E-state index in [-0.39, 0.29) is 6.47 Å². The van der Waals surface area contributed by atoms with Crippen LogP contribution < -0.4 is 10.6 Å². The van der Waals surface area contributed by atoms with Crippen LogP contribution in [0.3, 0.4) is 0 Å². The first-order valence-electron chi connectivity index (χ1n) is 9.54. The maximum absolute atomic E-state index is 12.2. The molecule has 1 aromatic carbocycles. The summed E-state index contributed by atoms with van der Waals surface area (Å²) in [5.41, 5.74) is 3.81. The van der Waals surface area contributed by atoms with Crippen LogP contribution in [0.4, 0.5) is 23.7 Å². The molecule has 11 heteroatoms. The van der Waals surface area contributed by atoms with Crippen molar-refractivity contribution in [2.45, 2.75) is 13.1 Å². The number of carbonyl (C=O) groups excluding carboxylic acids is 1. The topological polar surface area (TPSA) is 95.7 Å². The van der Waals surface area contributed by atoms with E-state index in [2.05, 4.69) is 29.4 Å². The van der Waals surface area contributed by atoms with Crippen molar-refractivity contribution in [2.24, 2.45) is 0 Å². The smallest absolute Gasteiger partial charge is 0.405 e. The number of fused-ring (bicyclic) bond motifs is 1. The molecule has 0 bridgehead atoms. The zero-order valence-corrected chi connectivity index (χ0v) is 18.1. The quantitative estimate of drug-likeness (QED) is 0.343. The van der Waals surface area contributed by atoms with E-state index in [9.17, 15) is 18.0 Å². The van der Waals surface area contributed by atoms with Crippen LogP contribution >= 0.6 is 11.3 Å². The highest BCUT2D eigenvalue weighted by atomic mass is 32.1. The van der Waals surface area contributed by atoms with Crippen LogP contribution in [0.15, 0.2) is 60.9 Å². The number of nitrogens with one attached hydrogen (secondary N) is 2. The number of imidazole rings is 1. The standard InChI is InChI=1S/C21H17F3N4OS.CH2O2/c1-13-5-6-18(30-13)15-7-8-28-17(11-25-19(28)10-15)14-3-2-4-16(9-14)27-20(29)26-12-21(22,23)24;2-1-3/h2-11H,12H2,1H3,(H2,26,27,29);1H,(H,2,3). The minimum absolute atomic E-state index is 0.250. The molecule has 0 atom stereocenters. The number of nitrogens with zero attached hydrogens (tertiary/aromatic N) is 2. The highest BCUT2D eigenvalue weighted by Gasteiger charge is 2.27. The van der Waals surface area contributed by atoms with Crippen molar-refractivity contribution in [3.8, 4) is 21.7 Å². The number of pyridine rings is 1. The molecule has 0 aliphatic carbocycles. The van der Waals surface area contributed by atoms with Gasteiger partial charge in [0.1, 0.15) is 12.2 Å². The Hall–Kier alpha value is -3.86. The van der Waals surface area contributed by atoms with Crippen molar-refractivity contribution in [3.05, 3.63) is 65.8 Å². The summed E-state index contributed by atoms with van der Waals surface area (Å²) in [4.78, 5) is 26.9. The van der Waals surface area contributed by atoms with E-state index in [1.54, 1.807) is 41.0 Å². The number of alkyl halides is 3. The third kappa shape index (κ3) is 6.32. The number of amides is 2. The summed E-state index contributed by atoms with van der Waals surface area (Å²) in [5.74, 6) is 0. The SMILES string of the molecule is Cc1ccc(-c2ccn3c(-c4cccc(NC(=O)NCC(F)(F)F)c4)cnc3c2)s1.O=CO. The summed E-state index contributed by atoms with van der Waals surface area (Å²) in [5, 5.41) is 11.1. The van der Waals surface area contributed by atoms with Crippen molar-refractivity contribution in [1.82, 2.24) is 14.7 Å². The molecule has 4 aromatic rings. The fourth-order valence-electron chi connectivity index (χ4n) is 3.05. The van der Waals surface area contributed by atoms with Gasteiger partial charge in [-0.3, -0.25) is 9.20 Å². The van der Waals surface area contributed by atoms with E-state index in [4.69, 9.17) is 9.90 Å². The number of aromatic nitrogens is 2. The Morgan fingerprint density at radius 3 is 2.61 bits per heavy atom. The van der Waals surface area contributed by atoms with Crippen LogP contribution in [0.1, 0.15) is 4.88 Å². The van der Waals surface area contributed by atoms with Crippen LogP contribution in [0.25, 0.3) is 27.3 Å². The van der Waals surface area contributed by atoms with E-state index in [0.29, 0.717) is 5.69 Å². The number of anilines is 1. The highest BCUT2D eigenvalue weighted by Crippen LogP contribution is 2.30. The lowest BCUT2D eigenvalue weighted by atomic mass is 10.1. The lowest BCUT2D eigenvalue weighted by molar-refractivity contribution is -0.123. The zero-order chi connectivity index (χ0) is 24.0. The maximum atomic E-state index is 12.2. The van der Waals surface area contributed by atoms with Crippen LogP contribution in [-0.2, 0) is 4.79 Å². The molecule has 4 rings (SSSR count).